The fourth-order valence-corrected chi connectivity index (χ4v) is 4.54. The van der Waals surface area contributed by atoms with E-state index >= 15 is 0 Å². The van der Waals surface area contributed by atoms with E-state index in [9.17, 15) is 4.79 Å². The lowest BCUT2D eigenvalue weighted by atomic mass is 10.0. The predicted molar refractivity (Wildman–Crippen MR) is 104 cm³/mol. The maximum atomic E-state index is 12.1. The van der Waals surface area contributed by atoms with Crippen molar-refractivity contribution in [1.82, 2.24) is 19.8 Å². The number of hydrogen-bond acceptors (Lipinski definition) is 6. The summed E-state index contributed by atoms with van der Waals surface area (Å²) in [4.78, 5) is 27.9. The topological polar surface area (TPSA) is 61.8 Å². The Kier molecular flexibility index (Phi) is 5.59. The fourth-order valence-electron chi connectivity index (χ4n) is 4.54. The van der Waals surface area contributed by atoms with Crippen LogP contribution in [0.2, 0.25) is 0 Å². The number of aromatic nitrogens is 2. The van der Waals surface area contributed by atoms with Crippen LogP contribution in [-0.2, 0) is 9.53 Å². The van der Waals surface area contributed by atoms with Crippen LogP contribution in [0.5, 0.6) is 0 Å². The Morgan fingerprint density at radius 2 is 1.93 bits per heavy atom. The summed E-state index contributed by atoms with van der Waals surface area (Å²) >= 11 is 0. The lowest BCUT2D eigenvalue weighted by molar-refractivity contribution is -0.134. The molecule has 0 N–H and O–H groups in total. The molecule has 1 amide bonds. The van der Waals surface area contributed by atoms with Crippen LogP contribution in [-0.4, -0.2) is 84.7 Å². The second kappa shape index (κ2) is 8.10. The minimum absolute atomic E-state index is 0.141. The van der Waals surface area contributed by atoms with Gasteiger partial charge in [-0.25, -0.2) is 9.97 Å². The van der Waals surface area contributed by atoms with Gasteiger partial charge in [0.1, 0.15) is 18.8 Å². The molecule has 0 radical (unpaired) electrons. The molecular weight excluding hydrogens is 342 g/mol. The molecule has 7 nitrogen and oxygen atoms in total. The van der Waals surface area contributed by atoms with Gasteiger partial charge in [0, 0.05) is 64.2 Å². The van der Waals surface area contributed by atoms with Crippen molar-refractivity contribution in [3.63, 3.8) is 0 Å². The first-order valence-electron chi connectivity index (χ1n) is 10.2. The average molecular weight is 374 g/mol. The zero-order valence-corrected chi connectivity index (χ0v) is 16.5. The van der Waals surface area contributed by atoms with E-state index in [-0.39, 0.29) is 12.5 Å². The zero-order valence-electron chi connectivity index (χ0n) is 16.5. The molecule has 2 atom stereocenters. The smallest absolute Gasteiger partial charge is 0.248 e. The maximum absolute atomic E-state index is 12.1. The van der Waals surface area contributed by atoms with E-state index in [1.54, 1.807) is 6.33 Å². The standard InChI is InChI=1S/C20H31N5O2/c1-15(2)18-8-19(22-14-21-18)25-11-16-9-23(10-17(16)12-25)5-6-24-4-3-7-27-13-20(24)26/h8,14-17H,3-7,9-13H2,1-2H3. The first-order valence-corrected chi connectivity index (χ1v) is 10.2. The van der Waals surface area contributed by atoms with E-state index in [0.717, 1.165) is 63.7 Å². The van der Waals surface area contributed by atoms with Crippen LogP contribution in [0, 0.1) is 11.8 Å². The van der Waals surface area contributed by atoms with Crippen LogP contribution in [0.1, 0.15) is 31.9 Å². The van der Waals surface area contributed by atoms with Gasteiger partial charge in [-0.3, -0.25) is 4.79 Å². The average Bonchev–Trinajstić information content (AvgIpc) is 3.15. The third-order valence-corrected chi connectivity index (χ3v) is 6.13. The van der Waals surface area contributed by atoms with Gasteiger partial charge in [0.15, 0.2) is 0 Å². The van der Waals surface area contributed by atoms with Crippen molar-refractivity contribution >= 4 is 11.7 Å². The summed E-state index contributed by atoms with van der Waals surface area (Å²) in [6.07, 6.45) is 2.65. The van der Waals surface area contributed by atoms with Crippen LogP contribution in [0.25, 0.3) is 0 Å². The Morgan fingerprint density at radius 1 is 1.15 bits per heavy atom. The van der Waals surface area contributed by atoms with Crippen molar-refractivity contribution < 1.29 is 9.53 Å². The minimum Gasteiger partial charge on any atom is -0.372 e. The monoisotopic (exact) mass is 373 g/mol. The lowest BCUT2D eigenvalue weighted by Crippen LogP contribution is -2.40. The number of amides is 1. The van der Waals surface area contributed by atoms with Crippen LogP contribution < -0.4 is 4.90 Å². The highest BCUT2D eigenvalue weighted by Crippen LogP contribution is 2.33. The molecule has 0 bridgehead atoms. The summed E-state index contributed by atoms with van der Waals surface area (Å²) in [5, 5.41) is 0. The molecule has 0 saturated carbocycles. The summed E-state index contributed by atoms with van der Waals surface area (Å²) in [6.45, 7) is 12.3. The molecule has 27 heavy (non-hydrogen) atoms. The summed E-state index contributed by atoms with van der Waals surface area (Å²) in [5.74, 6) is 3.04. The normalized spacial score (nSPS) is 26.7. The van der Waals surface area contributed by atoms with E-state index in [2.05, 4.69) is 39.7 Å². The Hall–Kier alpha value is -1.73. The number of carbonyl (C=O) groups excluding carboxylic acids is 1. The maximum Gasteiger partial charge on any atom is 0.248 e. The van der Waals surface area contributed by atoms with Gasteiger partial charge in [0.05, 0.1) is 0 Å². The largest absolute Gasteiger partial charge is 0.372 e. The Balaban J connectivity index is 1.28. The Bertz CT molecular complexity index is 654. The van der Waals surface area contributed by atoms with E-state index < -0.39 is 0 Å². The molecule has 4 rings (SSSR count). The summed E-state index contributed by atoms with van der Waals surface area (Å²) in [6, 6.07) is 2.15. The number of fused-ring (bicyclic) bond motifs is 1. The SMILES string of the molecule is CC(C)c1cc(N2CC3CN(CCN4CCCOCC4=O)CC3C2)ncn1. The van der Waals surface area contributed by atoms with E-state index in [1.165, 1.54) is 0 Å². The fraction of sp³-hybridized carbons (Fsp3) is 0.750. The van der Waals surface area contributed by atoms with Crippen molar-refractivity contribution in [1.29, 1.82) is 0 Å². The second-order valence-corrected chi connectivity index (χ2v) is 8.43. The highest BCUT2D eigenvalue weighted by atomic mass is 16.5. The predicted octanol–water partition coefficient (Wildman–Crippen LogP) is 1.22. The second-order valence-electron chi connectivity index (χ2n) is 8.43. The first kappa shape index (κ1) is 18.6. The number of nitrogens with zero attached hydrogens (tertiary/aromatic N) is 5. The van der Waals surface area contributed by atoms with Crippen LogP contribution in [0.15, 0.2) is 12.4 Å². The molecule has 1 aromatic heterocycles. The minimum atomic E-state index is 0.141. The quantitative estimate of drug-likeness (QED) is 0.773. The molecule has 7 heteroatoms. The molecule has 0 aromatic carbocycles. The molecule has 3 aliphatic heterocycles. The molecule has 1 aromatic rings. The summed E-state index contributed by atoms with van der Waals surface area (Å²) in [5.41, 5.74) is 1.12. The number of likely N-dealkylation sites (tertiary alicyclic amines) is 1. The van der Waals surface area contributed by atoms with Crippen LogP contribution >= 0.6 is 0 Å². The lowest BCUT2D eigenvalue weighted by Gasteiger charge is -2.25. The third-order valence-electron chi connectivity index (χ3n) is 6.13. The highest BCUT2D eigenvalue weighted by Gasteiger charge is 2.40. The van der Waals surface area contributed by atoms with Gasteiger partial charge in [0.25, 0.3) is 0 Å². The first-order chi connectivity index (χ1) is 13.1. The van der Waals surface area contributed by atoms with Crippen LogP contribution in [0.3, 0.4) is 0 Å². The molecule has 3 fully saturated rings. The van der Waals surface area contributed by atoms with Gasteiger partial charge in [0.2, 0.25) is 5.91 Å². The van der Waals surface area contributed by atoms with Gasteiger partial charge in [-0.2, -0.15) is 0 Å². The van der Waals surface area contributed by atoms with E-state index in [0.29, 0.717) is 24.4 Å². The number of anilines is 1. The van der Waals surface area contributed by atoms with Crippen molar-refractivity contribution in [2.75, 3.05) is 63.9 Å². The molecule has 3 saturated heterocycles. The number of carbonyl (C=O) groups is 1. The highest BCUT2D eigenvalue weighted by molar-refractivity contribution is 5.77. The Morgan fingerprint density at radius 3 is 2.67 bits per heavy atom. The number of hydrogen-bond donors (Lipinski definition) is 0. The summed E-state index contributed by atoms with van der Waals surface area (Å²) in [7, 11) is 0. The Labute approximate surface area is 161 Å². The van der Waals surface area contributed by atoms with Gasteiger partial charge >= 0.3 is 0 Å². The van der Waals surface area contributed by atoms with Crippen LogP contribution in [0.4, 0.5) is 5.82 Å². The molecule has 148 valence electrons. The van der Waals surface area contributed by atoms with E-state index in [4.69, 9.17) is 4.74 Å². The molecule has 3 aliphatic rings. The molecule has 4 heterocycles. The van der Waals surface area contributed by atoms with Crippen molar-refractivity contribution in [2.24, 2.45) is 11.8 Å². The van der Waals surface area contributed by atoms with Gasteiger partial charge in [-0.05, 0) is 24.2 Å². The van der Waals surface area contributed by atoms with E-state index in [1.807, 2.05) is 4.90 Å². The molecule has 2 unspecified atom stereocenters. The molecule has 0 spiro atoms. The summed E-state index contributed by atoms with van der Waals surface area (Å²) < 4.78 is 5.33. The van der Waals surface area contributed by atoms with Gasteiger partial charge < -0.3 is 19.4 Å². The van der Waals surface area contributed by atoms with Gasteiger partial charge in [-0.15, -0.1) is 0 Å². The van der Waals surface area contributed by atoms with Crippen molar-refractivity contribution in [3.8, 4) is 0 Å². The van der Waals surface area contributed by atoms with Gasteiger partial charge in [-0.1, -0.05) is 13.8 Å². The molecule has 0 aliphatic carbocycles. The van der Waals surface area contributed by atoms with Crippen molar-refractivity contribution in [3.05, 3.63) is 18.1 Å². The number of ether oxygens (including phenoxy) is 1. The number of rotatable bonds is 5. The van der Waals surface area contributed by atoms with Crippen molar-refractivity contribution in [2.45, 2.75) is 26.2 Å². The zero-order chi connectivity index (χ0) is 18.8. The molecular formula is C20H31N5O2. The third kappa shape index (κ3) is 4.24.